The molecular formula is C9H17F2NS. The van der Waals surface area contributed by atoms with Crippen molar-refractivity contribution in [2.24, 2.45) is 0 Å². The minimum absolute atomic E-state index is 0.0927. The van der Waals surface area contributed by atoms with Gasteiger partial charge in [-0.2, -0.15) is 11.8 Å². The molecule has 1 aliphatic rings. The molecule has 78 valence electrons. The average Bonchev–Trinajstić information content (AvgIpc) is 2.33. The maximum Gasteiger partial charge on any atom is 0.145 e. The number of likely N-dealkylation sites (tertiary alicyclic amines) is 1. The molecule has 1 saturated heterocycles. The van der Waals surface area contributed by atoms with Crippen LogP contribution in [0.4, 0.5) is 8.78 Å². The van der Waals surface area contributed by atoms with Crippen molar-refractivity contribution in [2.45, 2.75) is 31.7 Å². The number of alkyl halides is 2. The van der Waals surface area contributed by atoms with Gasteiger partial charge in [0.25, 0.3) is 0 Å². The second-order valence-corrected chi connectivity index (χ2v) is 5.05. The summed E-state index contributed by atoms with van der Waals surface area (Å²) in [5.41, 5.74) is -0.0927. The lowest BCUT2D eigenvalue weighted by atomic mass is 10.1. The van der Waals surface area contributed by atoms with Crippen molar-refractivity contribution < 1.29 is 8.78 Å². The van der Waals surface area contributed by atoms with Crippen LogP contribution in [-0.2, 0) is 0 Å². The minimum atomic E-state index is -1.29. The van der Waals surface area contributed by atoms with E-state index in [0.29, 0.717) is 0 Å². The molecule has 1 fully saturated rings. The van der Waals surface area contributed by atoms with E-state index >= 15 is 0 Å². The van der Waals surface area contributed by atoms with E-state index in [0.717, 1.165) is 5.75 Å². The van der Waals surface area contributed by atoms with Gasteiger partial charge in [-0.1, -0.05) is 0 Å². The Hall–Kier alpha value is 0.170. The Labute approximate surface area is 82.9 Å². The third-order valence-corrected chi connectivity index (χ3v) is 3.53. The van der Waals surface area contributed by atoms with Crippen LogP contribution < -0.4 is 0 Å². The predicted octanol–water partition coefficient (Wildman–Crippen LogP) is 2.12. The fourth-order valence-electron chi connectivity index (χ4n) is 1.66. The lowest BCUT2D eigenvalue weighted by molar-refractivity contribution is 0.163. The van der Waals surface area contributed by atoms with E-state index < -0.39 is 12.3 Å². The standard InChI is InChI=1S/C9H17F2NS/c1-9(2,6-13-3)12-4-7(10)8(11)5-12/h7-8H,4-6H2,1-3H3. The van der Waals surface area contributed by atoms with Crippen LogP contribution in [0.15, 0.2) is 0 Å². The van der Waals surface area contributed by atoms with Crippen molar-refractivity contribution in [3.05, 3.63) is 0 Å². The largest absolute Gasteiger partial charge is 0.291 e. The second-order valence-electron chi connectivity index (χ2n) is 4.18. The summed E-state index contributed by atoms with van der Waals surface area (Å²) in [4.78, 5) is 1.90. The molecule has 2 atom stereocenters. The van der Waals surface area contributed by atoms with E-state index in [-0.39, 0.29) is 18.6 Å². The summed E-state index contributed by atoms with van der Waals surface area (Å²) < 4.78 is 25.8. The first kappa shape index (κ1) is 11.2. The van der Waals surface area contributed by atoms with Crippen LogP contribution in [0.3, 0.4) is 0 Å². The summed E-state index contributed by atoms with van der Waals surface area (Å²) in [6, 6.07) is 0. The molecule has 2 unspecified atom stereocenters. The Morgan fingerprint density at radius 1 is 1.31 bits per heavy atom. The van der Waals surface area contributed by atoms with Gasteiger partial charge in [-0.25, -0.2) is 8.78 Å². The first-order valence-electron chi connectivity index (χ1n) is 4.49. The van der Waals surface area contributed by atoms with Crippen LogP contribution >= 0.6 is 11.8 Å². The summed E-state index contributed by atoms with van der Waals surface area (Å²) in [5, 5.41) is 0. The molecule has 0 N–H and O–H groups in total. The van der Waals surface area contributed by atoms with Crippen molar-refractivity contribution in [2.75, 3.05) is 25.1 Å². The van der Waals surface area contributed by atoms with Gasteiger partial charge in [0, 0.05) is 24.4 Å². The first-order valence-corrected chi connectivity index (χ1v) is 5.89. The SMILES string of the molecule is CSCC(C)(C)N1CC(F)C(F)C1. The monoisotopic (exact) mass is 209 g/mol. The highest BCUT2D eigenvalue weighted by atomic mass is 32.2. The van der Waals surface area contributed by atoms with Crippen LogP contribution in [0.5, 0.6) is 0 Å². The molecule has 0 aromatic heterocycles. The van der Waals surface area contributed by atoms with Gasteiger partial charge in [-0.05, 0) is 20.1 Å². The van der Waals surface area contributed by atoms with Crippen LogP contribution in [0.1, 0.15) is 13.8 Å². The normalized spacial score (nSPS) is 31.2. The molecule has 0 aliphatic carbocycles. The Morgan fingerprint density at radius 3 is 2.15 bits per heavy atom. The number of halogens is 2. The third kappa shape index (κ3) is 2.56. The van der Waals surface area contributed by atoms with Gasteiger partial charge >= 0.3 is 0 Å². The quantitative estimate of drug-likeness (QED) is 0.700. The summed E-state index contributed by atoms with van der Waals surface area (Å²) in [7, 11) is 0. The van der Waals surface area contributed by atoms with Crippen LogP contribution in [-0.4, -0.2) is 47.9 Å². The molecule has 0 aromatic rings. The zero-order valence-electron chi connectivity index (χ0n) is 8.39. The van der Waals surface area contributed by atoms with E-state index in [2.05, 4.69) is 0 Å². The Bertz CT molecular complexity index is 165. The molecule has 0 saturated carbocycles. The fraction of sp³-hybridized carbons (Fsp3) is 1.00. The van der Waals surface area contributed by atoms with E-state index in [4.69, 9.17) is 0 Å². The summed E-state index contributed by atoms with van der Waals surface area (Å²) in [6.45, 7) is 4.56. The Balaban J connectivity index is 2.53. The Kier molecular flexibility index (Phi) is 3.57. The predicted molar refractivity (Wildman–Crippen MR) is 53.8 cm³/mol. The van der Waals surface area contributed by atoms with Gasteiger partial charge < -0.3 is 0 Å². The fourth-order valence-corrected chi connectivity index (χ4v) is 2.55. The zero-order valence-corrected chi connectivity index (χ0v) is 9.20. The zero-order chi connectivity index (χ0) is 10.1. The minimum Gasteiger partial charge on any atom is -0.291 e. The van der Waals surface area contributed by atoms with Gasteiger partial charge in [0.1, 0.15) is 12.3 Å². The molecule has 0 aromatic carbocycles. The van der Waals surface area contributed by atoms with Crippen molar-refractivity contribution in [3.63, 3.8) is 0 Å². The second kappa shape index (κ2) is 4.13. The van der Waals surface area contributed by atoms with E-state index in [1.165, 1.54) is 0 Å². The van der Waals surface area contributed by atoms with Crippen molar-refractivity contribution in [1.29, 1.82) is 0 Å². The topological polar surface area (TPSA) is 3.24 Å². The van der Waals surface area contributed by atoms with Gasteiger partial charge in [-0.15, -0.1) is 0 Å². The van der Waals surface area contributed by atoms with Gasteiger partial charge in [-0.3, -0.25) is 4.90 Å². The van der Waals surface area contributed by atoms with Crippen LogP contribution in [0.25, 0.3) is 0 Å². The van der Waals surface area contributed by atoms with Crippen molar-refractivity contribution in [1.82, 2.24) is 4.90 Å². The third-order valence-electron chi connectivity index (χ3n) is 2.54. The van der Waals surface area contributed by atoms with E-state index in [9.17, 15) is 8.78 Å². The lowest BCUT2D eigenvalue weighted by Crippen LogP contribution is -2.44. The van der Waals surface area contributed by atoms with Crippen molar-refractivity contribution in [3.8, 4) is 0 Å². The van der Waals surface area contributed by atoms with Gasteiger partial charge in [0.15, 0.2) is 0 Å². The smallest absolute Gasteiger partial charge is 0.145 e. The molecule has 0 spiro atoms. The van der Waals surface area contributed by atoms with Gasteiger partial charge in [0.2, 0.25) is 0 Å². The molecule has 1 heterocycles. The molecule has 0 amide bonds. The summed E-state index contributed by atoms with van der Waals surface area (Å²) in [6.07, 6.45) is -0.570. The molecule has 1 nitrogen and oxygen atoms in total. The average molecular weight is 209 g/mol. The van der Waals surface area contributed by atoms with Crippen LogP contribution in [0, 0.1) is 0 Å². The summed E-state index contributed by atoms with van der Waals surface area (Å²) >= 11 is 1.71. The maximum absolute atomic E-state index is 12.9. The number of hydrogen-bond acceptors (Lipinski definition) is 2. The number of rotatable bonds is 3. The first-order chi connectivity index (χ1) is 5.97. The molecule has 13 heavy (non-hydrogen) atoms. The summed E-state index contributed by atoms with van der Waals surface area (Å²) in [5.74, 6) is 0.909. The van der Waals surface area contributed by atoms with Gasteiger partial charge in [0.05, 0.1) is 0 Å². The molecule has 0 radical (unpaired) electrons. The molecule has 1 aliphatic heterocycles. The molecule has 1 rings (SSSR count). The molecule has 0 bridgehead atoms. The number of thioether (sulfide) groups is 1. The highest BCUT2D eigenvalue weighted by molar-refractivity contribution is 7.98. The molecule has 4 heteroatoms. The highest BCUT2D eigenvalue weighted by Gasteiger charge is 2.39. The van der Waals surface area contributed by atoms with E-state index in [1.54, 1.807) is 11.8 Å². The highest BCUT2D eigenvalue weighted by Crippen LogP contribution is 2.26. The Morgan fingerprint density at radius 2 is 1.77 bits per heavy atom. The number of nitrogens with zero attached hydrogens (tertiary/aromatic N) is 1. The maximum atomic E-state index is 12.9. The van der Waals surface area contributed by atoms with E-state index in [1.807, 2.05) is 25.0 Å². The molecular weight excluding hydrogens is 192 g/mol. The lowest BCUT2D eigenvalue weighted by Gasteiger charge is -2.34. The van der Waals surface area contributed by atoms with Crippen molar-refractivity contribution >= 4 is 11.8 Å². The van der Waals surface area contributed by atoms with Crippen LogP contribution in [0.2, 0.25) is 0 Å². The number of hydrogen-bond donors (Lipinski definition) is 0.